The molecule has 1 N–H and O–H groups in total. The maximum atomic E-state index is 12.3. The maximum absolute atomic E-state index is 12.3. The lowest BCUT2D eigenvalue weighted by Gasteiger charge is -2.50. The molecule has 4 heterocycles. The zero-order chi connectivity index (χ0) is 21.8. The van der Waals surface area contributed by atoms with Crippen LogP contribution in [0.25, 0.3) is 0 Å². The number of aryl methyl sites for hydroxylation is 1. The van der Waals surface area contributed by atoms with Gasteiger partial charge >= 0.3 is 0 Å². The molecule has 7 nitrogen and oxygen atoms in total. The van der Waals surface area contributed by atoms with Gasteiger partial charge in [0.15, 0.2) is 0 Å². The minimum absolute atomic E-state index is 0.0902. The molecule has 2 aliphatic heterocycles. The lowest BCUT2D eigenvalue weighted by Crippen LogP contribution is -2.63. The summed E-state index contributed by atoms with van der Waals surface area (Å²) in [6.45, 7) is 12.3. The molecule has 0 amide bonds. The summed E-state index contributed by atoms with van der Waals surface area (Å²) in [6.07, 6.45) is 3.62. The van der Waals surface area contributed by atoms with Crippen molar-refractivity contribution in [3.05, 3.63) is 45.4 Å². The quantitative estimate of drug-likeness (QED) is 0.725. The van der Waals surface area contributed by atoms with E-state index < -0.39 is 0 Å². The van der Waals surface area contributed by atoms with Crippen molar-refractivity contribution in [3.8, 4) is 0 Å². The number of ether oxygens (including phenoxy) is 1. The summed E-state index contributed by atoms with van der Waals surface area (Å²) in [7, 11) is 1.73. The molecule has 0 spiro atoms. The Hall–Kier alpha value is -1.90. The lowest BCUT2D eigenvalue weighted by molar-refractivity contribution is -0.0828. The molecule has 30 heavy (non-hydrogen) atoms. The second-order valence-corrected chi connectivity index (χ2v) is 8.67. The van der Waals surface area contributed by atoms with Crippen molar-refractivity contribution in [1.82, 2.24) is 14.5 Å². The average Bonchev–Trinajstić information content (AvgIpc) is 2.69. The van der Waals surface area contributed by atoms with Crippen LogP contribution in [0, 0.1) is 0 Å². The van der Waals surface area contributed by atoms with E-state index in [2.05, 4.69) is 55.9 Å². The van der Waals surface area contributed by atoms with Crippen LogP contribution in [-0.4, -0.2) is 58.9 Å². The number of rotatable bonds is 4. The molecule has 0 aliphatic carbocycles. The smallest absolute Gasteiger partial charge is 0.274 e. The molecule has 2 saturated heterocycles. The number of nitrogens with zero attached hydrogens (tertiary/aromatic N) is 4. The van der Waals surface area contributed by atoms with E-state index in [0.717, 1.165) is 36.5 Å². The molecule has 0 bridgehead atoms. The van der Waals surface area contributed by atoms with Crippen molar-refractivity contribution < 1.29 is 4.74 Å². The second kappa shape index (κ2) is 9.94. The molecule has 2 aromatic rings. The van der Waals surface area contributed by atoms with Crippen molar-refractivity contribution in [3.63, 3.8) is 0 Å². The predicted octanol–water partition coefficient (Wildman–Crippen LogP) is 3.61. The third-order valence-corrected chi connectivity index (χ3v) is 6.05. The number of halogens is 1. The van der Waals surface area contributed by atoms with Crippen LogP contribution in [0.1, 0.15) is 27.7 Å². The summed E-state index contributed by atoms with van der Waals surface area (Å²) >= 11 is 3.42. The van der Waals surface area contributed by atoms with Crippen LogP contribution in [0.15, 0.2) is 39.9 Å². The van der Waals surface area contributed by atoms with Crippen molar-refractivity contribution >= 4 is 33.1 Å². The van der Waals surface area contributed by atoms with Crippen molar-refractivity contribution in [1.29, 1.82) is 0 Å². The SMILES string of the molecule is CC.CC1CN(c2ccc(Nc3cc(Br)cn(C)c3=O)nc2)[C@@H](C)CN1C1COC1. The van der Waals surface area contributed by atoms with Crippen LogP contribution in [0.2, 0.25) is 0 Å². The van der Waals surface area contributed by atoms with Crippen LogP contribution in [0.4, 0.5) is 17.2 Å². The van der Waals surface area contributed by atoms with Crippen molar-refractivity contribution in [2.24, 2.45) is 7.05 Å². The van der Waals surface area contributed by atoms with Crippen molar-refractivity contribution in [2.75, 3.05) is 36.5 Å². The Morgan fingerprint density at radius 3 is 2.50 bits per heavy atom. The van der Waals surface area contributed by atoms with Gasteiger partial charge < -0.3 is 19.5 Å². The third kappa shape index (κ3) is 4.87. The fourth-order valence-corrected chi connectivity index (χ4v) is 4.50. The molecular formula is C22H32BrN5O2. The van der Waals surface area contributed by atoms with E-state index in [1.54, 1.807) is 19.3 Å². The Bertz CT molecular complexity index is 897. The lowest BCUT2D eigenvalue weighted by atomic mass is 10.0. The number of hydrogen-bond acceptors (Lipinski definition) is 6. The van der Waals surface area contributed by atoms with Gasteiger partial charge in [-0.3, -0.25) is 9.69 Å². The van der Waals surface area contributed by atoms with Gasteiger partial charge in [0.25, 0.3) is 5.56 Å². The predicted molar refractivity (Wildman–Crippen MR) is 126 cm³/mol. The van der Waals surface area contributed by atoms with Crippen LogP contribution in [-0.2, 0) is 11.8 Å². The Kier molecular flexibility index (Phi) is 7.55. The Morgan fingerprint density at radius 2 is 1.90 bits per heavy atom. The second-order valence-electron chi connectivity index (χ2n) is 7.75. The number of piperazine rings is 1. The number of pyridine rings is 2. The summed E-state index contributed by atoms with van der Waals surface area (Å²) < 4.78 is 7.75. The molecule has 2 aliphatic rings. The Morgan fingerprint density at radius 1 is 1.17 bits per heavy atom. The first-order chi connectivity index (χ1) is 14.4. The van der Waals surface area contributed by atoms with Gasteiger partial charge in [0, 0.05) is 42.9 Å². The number of hydrogen-bond donors (Lipinski definition) is 1. The standard InChI is InChI=1S/C20H26BrN5O2.C2H6/c1-13-9-26(17-11-28-12-17)14(2)8-25(13)16-4-5-19(22-7-16)23-18-6-15(21)10-24(3)20(18)27;1-2/h4-7,10,13-14,17H,8-9,11-12H2,1-3H3,(H,22,23);1-2H3/t13-,14?;/m0./s1. The first-order valence-electron chi connectivity index (χ1n) is 10.6. The van der Waals surface area contributed by atoms with Gasteiger partial charge in [0.2, 0.25) is 0 Å². The zero-order valence-electron chi connectivity index (χ0n) is 18.4. The van der Waals surface area contributed by atoms with Crippen LogP contribution in [0.5, 0.6) is 0 Å². The zero-order valence-corrected chi connectivity index (χ0v) is 20.0. The molecule has 2 aromatic heterocycles. The van der Waals surface area contributed by atoms with Gasteiger partial charge in [-0.1, -0.05) is 13.8 Å². The van der Waals surface area contributed by atoms with E-state index in [1.165, 1.54) is 4.57 Å². The molecule has 2 atom stereocenters. The molecule has 164 valence electrons. The maximum Gasteiger partial charge on any atom is 0.274 e. The molecule has 8 heteroatoms. The van der Waals surface area contributed by atoms with E-state index >= 15 is 0 Å². The van der Waals surface area contributed by atoms with E-state index in [0.29, 0.717) is 29.6 Å². The van der Waals surface area contributed by atoms with E-state index in [9.17, 15) is 4.79 Å². The highest BCUT2D eigenvalue weighted by molar-refractivity contribution is 9.10. The van der Waals surface area contributed by atoms with Gasteiger partial charge in [-0.2, -0.15) is 0 Å². The highest BCUT2D eigenvalue weighted by Crippen LogP contribution is 2.27. The number of nitrogens with one attached hydrogen (secondary N) is 1. The summed E-state index contributed by atoms with van der Waals surface area (Å²) in [5.41, 5.74) is 1.51. The van der Waals surface area contributed by atoms with Crippen molar-refractivity contribution in [2.45, 2.75) is 45.8 Å². The number of aromatic nitrogens is 2. The summed E-state index contributed by atoms with van der Waals surface area (Å²) in [6, 6.07) is 7.23. The molecule has 0 saturated carbocycles. The molecule has 0 aromatic carbocycles. The number of anilines is 3. The van der Waals surface area contributed by atoms with E-state index in [4.69, 9.17) is 4.74 Å². The molecule has 1 unspecified atom stereocenters. The third-order valence-electron chi connectivity index (χ3n) is 5.62. The van der Waals surface area contributed by atoms with Crippen LogP contribution >= 0.6 is 15.9 Å². The normalized spacial score (nSPS) is 22.1. The van der Waals surface area contributed by atoms with E-state index in [1.807, 2.05) is 26.1 Å². The Balaban J connectivity index is 0.00000124. The van der Waals surface area contributed by atoms with Gasteiger partial charge in [-0.15, -0.1) is 0 Å². The minimum atomic E-state index is -0.0902. The molecule has 4 rings (SSSR count). The van der Waals surface area contributed by atoms with Gasteiger partial charge in [0.1, 0.15) is 11.5 Å². The van der Waals surface area contributed by atoms with E-state index in [-0.39, 0.29) is 5.56 Å². The van der Waals surface area contributed by atoms with Crippen LogP contribution < -0.4 is 15.8 Å². The highest BCUT2D eigenvalue weighted by Gasteiger charge is 2.36. The van der Waals surface area contributed by atoms with Crippen LogP contribution in [0.3, 0.4) is 0 Å². The first kappa shape index (κ1) is 22.8. The largest absolute Gasteiger partial charge is 0.378 e. The van der Waals surface area contributed by atoms with Gasteiger partial charge in [-0.25, -0.2) is 4.98 Å². The molecule has 0 radical (unpaired) electrons. The molecule has 2 fully saturated rings. The van der Waals surface area contributed by atoms with Gasteiger partial charge in [-0.05, 0) is 48.0 Å². The fourth-order valence-electron chi connectivity index (χ4n) is 3.96. The summed E-state index contributed by atoms with van der Waals surface area (Å²) in [5, 5.41) is 3.13. The fraction of sp³-hybridized carbons (Fsp3) is 0.545. The first-order valence-corrected chi connectivity index (χ1v) is 11.4. The highest BCUT2D eigenvalue weighted by atomic mass is 79.9. The minimum Gasteiger partial charge on any atom is -0.378 e. The Labute approximate surface area is 187 Å². The summed E-state index contributed by atoms with van der Waals surface area (Å²) in [4.78, 5) is 21.8. The monoisotopic (exact) mass is 477 g/mol. The summed E-state index contributed by atoms with van der Waals surface area (Å²) in [5.74, 6) is 0.657. The average molecular weight is 478 g/mol. The molecular weight excluding hydrogens is 446 g/mol. The topological polar surface area (TPSA) is 62.6 Å². The van der Waals surface area contributed by atoms with Gasteiger partial charge in [0.05, 0.1) is 31.1 Å².